The molecule has 0 atom stereocenters. The number of hydrogen-bond acceptors (Lipinski definition) is 2. The van der Waals surface area contributed by atoms with Gasteiger partial charge in [-0.05, 0) is 17.9 Å². The van der Waals surface area contributed by atoms with Gasteiger partial charge in [0.1, 0.15) is 0 Å². The van der Waals surface area contributed by atoms with Gasteiger partial charge in [0.25, 0.3) is 0 Å². The standard InChI is InChI=1S/C15H18N2O/c1-11(2)8-12-4-6-13(7-5-12)15-14(10-18)9-16-17(15)3/h4-7,9-11H,8H2,1-3H3. The highest BCUT2D eigenvalue weighted by molar-refractivity contribution is 5.85. The molecule has 0 radical (unpaired) electrons. The van der Waals surface area contributed by atoms with Gasteiger partial charge in [0.2, 0.25) is 0 Å². The van der Waals surface area contributed by atoms with E-state index < -0.39 is 0 Å². The zero-order valence-electron chi connectivity index (χ0n) is 11.1. The minimum Gasteiger partial charge on any atom is -0.298 e. The molecule has 0 aliphatic heterocycles. The Morgan fingerprint density at radius 2 is 1.94 bits per heavy atom. The van der Waals surface area contributed by atoms with Crippen LogP contribution in [0.4, 0.5) is 0 Å². The molecule has 3 nitrogen and oxygen atoms in total. The smallest absolute Gasteiger partial charge is 0.153 e. The van der Waals surface area contributed by atoms with Crippen LogP contribution in [0, 0.1) is 5.92 Å². The van der Waals surface area contributed by atoms with Crippen molar-refractivity contribution in [3.8, 4) is 11.3 Å². The van der Waals surface area contributed by atoms with Crippen molar-refractivity contribution in [1.82, 2.24) is 9.78 Å². The maximum Gasteiger partial charge on any atom is 0.153 e. The second-order valence-electron chi connectivity index (χ2n) is 4.98. The average molecular weight is 242 g/mol. The molecule has 0 N–H and O–H groups in total. The van der Waals surface area contributed by atoms with Gasteiger partial charge in [-0.15, -0.1) is 0 Å². The quantitative estimate of drug-likeness (QED) is 0.772. The van der Waals surface area contributed by atoms with E-state index in [2.05, 4.69) is 43.2 Å². The highest BCUT2D eigenvalue weighted by atomic mass is 16.1. The summed E-state index contributed by atoms with van der Waals surface area (Å²) in [6, 6.07) is 8.36. The second kappa shape index (κ2) is 5.17. The first-order chi connectivity index (χ1) is 8.61. The summed E-state index contributed by atoms with van der Waals surface area (Å²) < 4.78 is 1.74. The highest BCUT2D eigenvalue weighted by Crippen LogP contribution is 2.23. The zero-order chi connectivity index (χ0) is 13.1. The fraction of sp³-hybridized carbons (Fsp3) is 0.333. The van der Waals surface area contributed by atoms with Crippen LogP contribution in [0.1, 0.15) is 29.8 Å². The Bertz CT molecular complexity index is 538. The Hall–Kier alpha value is -1.90. The largest absolute Gasteiger partial charge is 0.298 e. The molecule has 2 aromatic rings. The number of carbonyl (C=O) groups excluding carboxylic acids is 1. The molecule has 0 amide bonds. The number of carbonyl (C=O) groups is 1. The van der Waals surface area contributed by atoms with Crippen LogP contribution in [0.2, 0.25) is 0 Å². The molecule has 1 aromatic heterocycles. The molecule has 2 rings (SSSR count). The first-order valence-corrected chi connectivity index (χ1v) is 6.18. The van der Waals surface area contributed by atoms with Gasteiger partial charge in [-0.1, -0.05) is 38.1 Å². The molecule has 3 heteroatoms. The molecule has 0 bridgehead atoms. The van der Waals surface area contributed by atoms with E-state index in [1.807, 2.05) is 7.05 Å². The second-order valence-corrected chi connectivity index (χ2v) is 4.98. The van der Waals surface area contributed by atoms with Crippen molar-refractivity contribution in [3.05, 3.63) is 41.6 Å². The number of aromatic nitrogens is 2. The maximum atomic E-state index is 11.0. The summed E-state index contributed by atoms with van der Waals surface area (Å²) in [4.78, 5) is 11.0. The zero-order valence-corrected chi connectivity index (χ0v) is 11.1. The van der Waals surface area contributed by atoms with Gasteiger partial charge in [-0.3, -0.25) is 9.48 Å². The van der Waals surface area contributed by atoms with Crippen molar-refractivity contribution in [2.24, 2.45) is 13.0 Å². The Labute approximate surface area is 107 Å². The van der Waals surface area contributed by atoms with Crippen LogP contribution in [-0.2, 0) is 13.5 Å². The van der Waals surface area contributed by atoms with Gasteiger partial charge in [-0.2, -0.15) is 5.10 Å². The predicted molar refractivity (Wildman–Crippen MR) is 72.6 cm³/mol. The molecule has 0 saturated heterocycles. The van der Waals surface area contributed by atoms with Gasteiger partial charge in [0, 0.05) is 12.6 Å². The molecule has 0 unspecified atom stereocenters. The molecule has 18 heavy (non-hydrogen) atoms. The summed E-state index contributed by atoms with van der Waals surface area (Å²) in [6.07, 6.45) is 3.53. The van der Waals surface area contributed by atoms with E-state index in [9.17, 15) is 4.79 Å². The lowest BCUT2D eigenvalue weighted by atomic mass is 10.0. The van der Waals surface area contributed by atoms with E-state index in [1.165, 1.54) is 5.56 Å². The van der Waals surface area contributed by atoms with E-state index in [1.54, 1.807) is 10.9 Å². The number of aldehydes is 1. The molecular formula is C15H18N2O. The van der Waals surface area contributed by atoms with E-state index in [0.29, 0.717) is 11.5 Å². The van der Waals surface area contributed by atoms with Crippen molar-refractivity contribution >= 4 is 6.29 Å². The number of hydrogen-bond donors (Lipinski definition) is 0. The third-order valence-electron chi connectivity index (χ3n) is 2.97. The third kappa shape index (κ3) is 2.50. The van der Waals surface area contributed by atoms with Crippen molar-refractivity contribution in [1.29, 1.82) is 0 Å². The van der Waals surface area contributed by atoms with Gasteiger partial charge < -0.3 is 0 Å². The molecular weight excluding hydrogens is 224 g/mol. The molecule has 0 spiro atoms. The molecule has 0 fully saturated rings. The Balaban J connectivity index is 2.34. The lowest BCUT2D eigenvalue weighted by Gasteiger charge is -2.07. The van der Waals surface area contributed by atoms with Crippen molar-refractivity contribution in [3.63, 3.8) is 0 Å². The lowest BCUT2D eigenvalue weighted by molar-refractivity contribution is 0.112. The van der Waals surface area contributed by atoms with Crippen LogP contribution < -0.4 is 0 Å². The van der Waals surface area contributed by atoms with Crippen molar-refractivity contribution < 1.29 is 4.79 Å². The minimum absolute atomic E-state index is 0.633. The summed E-state index contributed by atoms with van der Waals surface area (Å²) in [5, 5.41) is 4.12. The van der Waals surface area contributed by atoms with Crippen molar-refractivity contribution in [2.45, 2.75) is 20.3 Å². The molecule has 0 saturated carbocycles. The summed E-state index contributed by atoms with van der Waals surface area (Å²) in [6.45, 7) is 4.42. The molecule has 94 valence electrons. The van der Waals surface area contributed by atoms with Crippen molar-refractivity contribution in [2.75, 3.05) is 0 Å². The highest BCUT2D eigenvalue weighted by Gasteiger charge is 2.10. The predicted octanol–water partition coefficient (Wildman–Crippen LogP) is 3.10. The van der Waals surface area contributed by atoms with Gasteiger partial charge >= 0.3 is 0 Å². The summed E-state index contributed by atoms with van der Waals surface area (Å²) in [7, 11) is 1.85. The Kier molecular flexibility index (Phi) is 3.60. The third-order valence-corrected chi connectivity index (χ3v) is 2.97. The van der Waals surface area contributed by atoms with Crippen LogP contribution >= 0.6 is 0 Å². The topological polar surface area (TPSA) is 34.9 Å². The van der Waals surface area contributed by atoms with Crippen LogP contribution in [0.3, 0.4) is 0 Å². The number of benzene rings is 1. The Morgan fingerprint density at radius 3 is 2.50 bits per heavy atom. The van der Waals surface area contributed by atoms with E-state index in [-0.39, 0.29) is 0 Å². The van der Waals surface area contributed by atoms with E-state index in [4.69, 9.17) is 0 Å². The Morgan fingerprint density at radius 1 is 1.28 bits per heavy atom. The summed E-state index contributed by atoms with van der Waals surface area (Å²) >= 11 is 0. The molecule has 0 aliphatic rings. The van der Waals surface area contributed by atoms with E-state index >= 15 is 0 Å². The summed E-state index contributed by atoms with van der Waals surface area (Å²) in [5.41, 5.74) is 3.86. The fourth-order valence-electron chi connectivity index (χ4n) is 2.16. The van der Waals surface area contributed by atoms with Crippen LogP contribution in [-0.4, -0.2) is 16.1 Å². The SMILES string of the molecule is CC(C)Cc1ccc(-c2c(C=O)cnn2C)cc1. The maximum absolute atomic E-state index is 11.0. The first kappa shape index (κ1) is 12.6. The minimum atomic E-state index is 0.633. The van der Waals surface area contributed by atoms with E-state index in [0.717, 1.165) is 24.0 Å². The monoisotopic (exact) mass is 242 g/mol. The summed E-state index contributed by atoms with van der Waals surface area (Å²) in [5.74, 6) is 0.651. The lowest BCUT2D eigenvalue weighted by Crippen LogP contribution is -1.97. The fourth-order valence-corrected chi connectivity index (χ4v) is 2.16. The van der Waals surface area contributed by atoms with Crippen LogP contribution in [0.15, 0.2) is 30.5 Å². The van der Waals surface area contributed by atoms with Crippen LogP contribution in [0.25, 0.3) is 11.3 Å². The molecule has 0 aliphatic carbocycles. The van der Waals surface area contributed by atoms with Gasteiger partial charge in [-0.25, -0.2) is 0 Å². The van der Waals surface area contributed by atoms with Crippen LogP contribution in [0.5, 0.6) is 0 Å². The number of nitrogens with zero attached hydrogens (tertiary/aromatic N) is 2. The number of rotatable bonds is 4. The normalized spacial score (nSPS) is 10.9. The number of aryl methyl sites for hydroxylation is 1. The van der Waals surface area contributed by atoms with Gasteiger partial charge in [0.15, 0.2) is 6.29 Å². The van der Waals surface area contributed by atoms with Gasteiger partial charge in [0.05, 0.1) is 17.5 Å². The first-order valence-electron chi connectivity index (χ1n) is 6.18. The average Bonchev–Trinajstić information content (AvgIpc) is 2.71. The molecule has 1 heterocycles. The molecule has 1 aromatic carbocycles.